The Balaban J connectivity index is 1.13. The summed E-state index contributed by atoms with van der Waals surface area (Å²) in [4.78, 5) is 0. The number of allylic oxidation sites excluding steroid dienone is 2. The Morgan fingerprint density at radius 3 is 1.92 bits per heavy atom. The van der Waals surface area contributed by atoms with Crippen LogP contribution in [0.4, 0.5) is 0 Å². The molecule has 0 saturated heterocycles. The molecule has 37 heavy (non-hydrogen) atoms. The molecule has 0 N–H and O–H groups in total. The average Bonchev–Trinajstić information content (AvgIpc) is 2.95. The van der Waals surface area contributed by atoms with Gasteiger partial charge in [-0.25, -0.2) is 0 Å². The molecular formula is C37H56. The zero-order valence-corrected chi connectivity index (χ0v) is 24.4. The third-order valence-electron chi connectivity index (χ3n) is 10.4. The highest BCUT2D eigenvalue weighted by Crippen LogP contribution is 2.42. The topological polar surface area (TPSA) is 0 Å². The summed E-state index contributed by atoms with van der Waals surface area (Å²) in [6.45, 7) is 4.65. The van der Waals surface area contributed by atoms with Crippen LogP contribution < -0.4 is 0 Å². The molecule has 0 nitrogen and oxygen atoms in total. The molecular weight excluding hydrogens is 444 g/mol. The van der Waals surface area contributed by atoms with Gasteiger partial charge in [0.1, 0.15) is 0 Å². The molecule has 1 aromatic rings. The quantitative estimate of drug-likeness (QED) is 0.221. The van der Waals surface area contributed by atoms with Crippen molar-refractivity contribution < 1.29 is 0 Å². The van der Waals surface area contributed by atoms with Crippen molar-refractivity contribution in [2.75, 3.05) is 0 Å². The van der Waals surface area contributed by atoms with Gasteiger partial charge >= 0.3 is 0 Å². The number of unbranched alkanes of at least 4 members (excludes halogenated alkanes) is 3. The van der Waals surface area contributed by atoms with E-state index >= 15 is 0 Å². The van der Waals surface area contributed by atoms with E-state index in [2.05, 4.69) is 62.1 Å². The molecule has 3 saturated carbocycles. The molecule has 3 aliphatic rings. The summed E-state index contributed by atoms with van der Waals surface area (Å²) in [6.07, 6.45) is 32.0. The van der Waals surface area contributed by atoms with E-state index in [1.54, 1.807) is 0 Å². The number of hydrogen-bond acceptors (Lipinski definition) is 0. The van der Waals surface area contributed by atoms with E-state index < -0.39 is 0 Å². The Morgan fingerprint density at radius 2 is 1.27 bits per heavy atom. The van der Waals surface area contributed by atoms with Gasteiger partial charge in [0.25, 0.3) is 0 Å². The van der Waals surface area contributed by atoms with Gasteiger partial charge < -0.3 is 0 Å². The first-order valence-electron chi connectivity index (χ1n) is 16.5. The summed E-state index contributed by atoms with van der Waals surface area (Å²) in [5.41, 5.74) is 2.70. The summed E-state index contributed by atoms with van der Waals surface area (Å²) >= 11 is 0. The third-order valence-corrected chi connectivity index (χ3v) is 10.4. The second-order valence-corrected chi connectivity index (χ2v) is 13.1. The van der Waals surface area contributed by atoms with Crippen LogP contribution in [0.1, 0.15) is 153 Å². The molecule has 0 amide bonds. The van der Waals surface area contributed by atoms with Gasteiger partial charge in [0.15, 0.2) is 0 Å². The molecule has 0 heterocycles. The molecule has 0 bridgehead atoms. The van der Waals surface area contributed by atoms with Crippen molar-refractivity contribution in [1.82, 2.24) is 0 Å². The molecule has 4 rings (SSSR count). The van der Waals surface area contributed by atoms with Crippen LogP contribution in [0, 0.1) is 41.4 Å². The Morgan fingerprint density at radius 1 is 0.649 bits per heavy atom. The summed E-state index contributed by atoms with van der Waals surface area (Å²) in [7, 11) is 0. The molecule has 0 unspecified atom stereocenters. The first-order chi connectivity index (χ1) is 18.2. The van der Waals surface area contributed by atoms with E-state index in [1.165, 1.54) is 128 Å². The van der Waals surface area contributed by atoms with Gasteiger partial charge in [-0.05, 0) is 123 Å². The van der Waals surface area contributed by atoms with Gasteiger partial charge in [-0.1, -0.05) is 102 Å². The lowest BCUT2D eigenvalue weighted by Gasteiger charge is -2.37. The van der Waals surface area contributed by atoms with Crippen LogP contribution in [-0.4, -0.2) is 0 Å². The maximum atomic E-state index is 3.39. The van der Waals surface area contributed by atoms with Gasteiger partial charge in [0.2, 0.25) is 0 Å². The second kappa shape index (κ2) is 15.8. The third kappa shape index (κ3) is 9.34. The van der Waals surface area contributed by atoms with Crippen molar-refractivity contribution >= 4 is 0 Å². The number of rotatable bonds is 10. The molecule has 3 aliphatic carbocycles. The Kier molecular flexibility index (Phi) is 12.2. The van der Waals surface area contributed by atoms with E-state index in [1.807, 2.05) is 0 Å². The first-order valence-corrected chi connectivity index (χ1v) is 16.5. The standard InChI is InChI=1S/C37H56/c1-3-5-6-7-11-31-16-24-36(25-17-31)37-28-20-33(21-29-37)13-9-8-12-32-18-26-35(27-19-32)34-22-14-30(10-4-2)15-23-34/h9,13,18-19,26-27,30-31,33-34,36-37H,3-7,10-11,14-17,20-25,28-29H2,1-2H3/b13-9+. The lowest BCUT2D eigenvalue weighted by atomic mass is 9.68. The van der Waals surface area contributed by atoms with Gasteiger partial charge in [0, 0.05) is 5.56 Å². The van der Waals surface area contributed by atoms with Crippen molar-refractivity contribution in [2.45, 2.75) is 142 Å². The number of hydrogen-bond donors (Lipinski definition) is 0. The van der Waals surface area contributed by atoms with Crippen LogP contribution in [0.15, 0.2) is 36.4 Å². The van der Waals surface area contributed by atoms with Crippen LogP contribution >= 0.6 is 0 Å². The minimum atomic E-state index is 0.755. The van der Waals surface area contributed by atoms with Gasteiger partial charge in [-0.15, -0.1) is 0 Å². The molecule has 0 radical (unpaired) electrons. The lowest BCUT2D eigenvalue weighted by molar-refractivity contribution is 0.151. The molecule has 0 aromatic heterocycles. The Hall–Kier alpha value is -1.48. The average molecular weight is 501 g/mol. The van der Waals surface area contributed by atoms with Crippen molar-refractivity contribution in [2.24, 2.45) is 29.6 Å². The predicted octanol–water partition coefficient (Wildman–Crippen LogP) is 11.3. The zero-order chi connectivity index (χ0) is 25.7. The molecule has 3 fully saturated rings. The number of benzene rings is 1. The van der Waals surface area contributed by atoms with Crippen LogP contribution in [0.3, 0.4) is 0 Å². The van der Waals surface area contributed by atoms with E-state index in [0.29, 0.717) is 0 Å². The Labute approximate surface area is 230 Å². The molecule has 0 spiro atoms. The highest BCUT2D eigenvalue weighted by atomic mass is 14.4. The van der Waals surface area contributed by atoms with Gasteiger partial charge in [0.05, 0.1) is 0 Å². The summed E-state index contributed by atoms with van der Waals surface area (Å²) in [6, 6.07) is 9.19. The van der Waals surface area contributed by atoms with Crippen molar-refractivity contribution in [3.63, 3.8) is 0 Å². The highest BCUT2D eigenvalue weighted by molar-refractivity contribution is 5.39. The minimum absolute atomic E-state index is 0.755. The van der Waals surface area contributed by atoms with Crippen LogP contribution in [-0.2, 0) is 0 Å². The van der Waals surface area contributed by atoms with Crippen LogP contribution in [0.25, 0.3) is 0 Å². The summed E-state index contributed by atoms with van der Waals surface area (Å²) in [5, 5.41) is 0. The highest BCUT2D eigenvalue weighted by Gasteiger charge is 2.30. The second-order valence-electron chi connectivity index (χ2n) is 13.1. The SMILES string of the molecule is CCCCCCC1CCC(C2CCC(/C=C/C#Cc3ccc(C4CCC(CCC)CC4)cc3)CC2)CC1. The van der Waals surface area contributed by atoms with E-state index in [-0.39, 0.29) is 0 Å². The van der Waals surface area contributed by atoms with Crippen molar-refractivity contribution in [1.29, 1.82) is 0 Å². The predicted molar refractivity (Wildman–Crippen MR) is 162 cm³/mol. The summed E-state index contributed by atoms with van der Waals surface area (Å²) < 4.78 is 0. The molecule has 0 atom stereocenters. The fraction of sp³-hybridized carbons (Fsp3) is 0.730. The fourth-order valence-corrected chi connectivity index (χ4v) is 7.96. The maximum Gasteiger partial charge on any atom is 0.0249 e. The van der Waals surface area contributed by atoms with Gasteiger partial charge in [-0.2, -0.15) is 0 Å². The Bertz CT molecular complexity index is 824. The van der Waals surface area contributed by atoms with Crippen molar-refractivity contribution in [3.8, 4) is 11.8 Å². The fourth-order valence-electron chi connectivity index (χ4n) is 7.96. The maximum absolute atomic E-state index is 3.39. The van der Waals surface area contributed by atoms with E-state index in [0.717, 1.165) is 41.1 Å². The smallest absolute Gasteiger partial charge is 0.0249 e. The molecule has 1 aromatic carbocycles. The lowest BCUT2D eigenvalue weighted by Crippen LogP contribution is -2.25. The van der Waals surface area contributed by atoms with E-state index in [4.69, 9.17) is 0 Å². The minimum Gasteiger partial charge on any atom is -0.0730 e. The monoisotopic (exact) mass is 500 g/mol. The summed E-state index contributed by atoms with van der Waals surface area (Å²) in [5.74, 6) is 12.3. The normalized spacial score (nSPS) is 30.6. The molecule has 0 heteroatoms. The zero-order valence-electron chi connectivity index (χ0n) is 24.4. The first kappa shape index (κ1) is 28.5. The molecule has 0 aliphatic heterocycles. The van der Waals surface area contributed by atoms with E-state index in [9.17, 15) is 0 Å². The largest absolute Gasteiger partial charge is 0.0730 e. The van der Waals surface area contributed by atoms with Crippen LogP contribution in [0.5, 0.6) is 0 Å². The van der Waals surface area contributed by atoms with Gasteiger partial charge in [-0.3, -0.25) is 0 Å². The van der Waals surface area contributed by atoms with Crippen LogP contribution in [0.2, 0.25) is 0 Å². The van der Waals surface area contributed by atoms with Crippen molar-refractivity contribution in [3.05, 3.63) is 47.5 Å². The molecule has 204 valence electrons.